The summed E-state index contributed by atoms with van der Waals surface area (Å²) >= 11 is 0. The highest BCUT2D eigenvalue weighted by atomic mass is 16.5. The largest absolute Gasteiger partial charge is 0.466 e. The smallest absolute Gasteiger partial charge is 0.305 e. The monoisotopic (exact) mass is 1040 g/mol. The summed E-state index contributed by atoms with van der Waals surface area (Å²) in [4.78, 5) is 24.6. The number of rotatable bonds is 62. The normalized spacial score (nSPS) is 12.8. The first-order chi connectivity index (χ1) is 36.5. The minimum Gasteiger partial charge on any atom is -0.466 e. The van der Waals surface area contributed by atoms with Gasteiger partial charge in [0, 0.05) is 12.8 Å². The molecule has 0 rings (SSSR count). The Morgan fingerprint density at radius 2 is 0.676 bits per heavy atom. The molecular formula is C68H129NO5. The van der Waals surface area contributed by atoms with Crippen LogP contribution in [0.1, 0.15) is 361 Å². The molecule has 0 aromatic heterocycles. The van der Waals surface area contributed by atoms with E-state index in [4.69, 9.17) is 4.74 Å². The molecule has 0 spiro atoms. The molecule has 0 aliphatic rings. The molecule has 0 saturated carbocycles. The van der Waals surface area contributed by atoms with Gasteiger partial charge in [-0.15, -0.1) is 0 Å². The fraction of sp³-hybridized carbons (Fsp3) is 0.882. The van der Waals surface area contributed by atoms with Crippen LogP contribution in [-0.2, 0) is 14.3 Å². The van der Waals surface area contributed by atoms with Gasteiger partial charge in [0.05, 0.1) is 25.4 Å². The molecule has 6 heteroatoms. The maximum Gasteiger partial charge on any atom is 0.305 e. The Balaban J connectivity index is 3.41. The number of carbonyl (C=O) groups is 2. The third kappa shape index (κ3) is 59.3. The fourth-order valence-electron chi connectivity index (χ4n) is 10.3. The molecule has 2 unspecified atom stereocenters. The maximum absolute atomic E-state index is 12.5. The van der Waals surface area contributed by atoms with Crippen LogP contribution >= 0.6 is 0 Å². The van der Waals surface area contributed by atoms with E-state index in [1.54, 1.807) is 0 Å². The number of hydrogen-bond donors (Lipinski definition) is 3. The molecule has 0 aliphatic carbocycles. The zero-order valence-electron chi connectivity index (χ0n) is 49.8. The van der Waals surface area contributed by atoms with Crippen LogP contribution in [0.3, 0.4) is 0 Å². The van der Waals surface area contributed by atoms with Gasteiger partial charge in [-0.3, -0.25) is 9.59 Å². The molecule has 2 atom stereocenters. The number of hydrogen-bond acceptors (Lipinski definition) is 5. The molecular weight excluding hydrogens is 911 g/mol. The molecule has 0 saturated heterocycles. The number of amides is 1. The number of unbranched alkanes of at least 4 members (excludes halogenated alkanes) is 45. The second-order valence-corrected chi connectivity index (χ2v) is 22.8. The molecule has 0 bridgehead atoms. The van der Waals surface area contributed by atoms with E-state index in [0.717, 1.165) is 51.4 Å². The summed E-state index contributed by atoms with van der Waals surface area (Å²) in [6.45, 7) is 4.94. The van der Waals surface area contributed by atoms with Crippen LogP contribution in [0, 0.1) is 0 Å². The number of carbonyl (C=O) groups excluding carboxylic acids is 2. The SMILES string of the molecule is CCCCC/C=C\C/C=C\CCCCCCCCCC(=O)OCCCCCCCCCCCCCC/C=C\CCCCCCCCCC(=O)NC(CO)C(O)CCCCCCCCCCCCCCCCCCC. The van der Waals surface area contributed by atoms with E-state index in [1.807, 2.05) is 0 Å². The predicted molar refractivity (Wildman–Crippen MR) is 324 cm³/mol. The van der Waals surface area contributed by atoms with Crippen molar-refractivity contribution >= 4 is 11.9 Å². The summed E-state index contributed by atoms with van der Waals surface area (Å²) in [5, 5.41) is 23.3. The van der Waals surface area contributed by atoms with Crippen molar-refractivity contribution in [1.82, 2.24) is 5.32 Å². The van der Waals surface area contributed by atoms with Crippen molar-refractivity contribution in [2.75, 3.05) is 13.2 Å². The van der Waals surface area contributed by atoms with E-state index in [1.165, 1.54) is 276 Å². The number of aliphatic hydroxyl groups is 2. The minimum absolute atomic E-state index is 0.00411. The lowest BCUT2D eigenvalue weighted by Gasteiger charge is -2.22. The molecule has 74 heavy (non-hydrogen) atoms. The second kappa shape index (κ2) is 63.6. The summed E-state index contributed by atoms with van der Waals surface area (Å²) in [5.41, 5.74) is 0. The van der Waals surface area contributed by atoms with Crippen LogP contribution in [-0.4, -0.2) is 47.4 Å². The van der Waals surface area contributed by atoms with Gasteiger partial charge in [-0.1, -0.05) is 301 Å². The first-order valence-corrected chi connectivity index (χ1v) is 33.2. The number of nitrogens with one attached hydrogen (secondary N) is 1. The first kappa shape index (κ1) is 72.1. The van der Waals surface area contributed by atoms with Gasteiger partial charge in [-0.25, -0.2) is 0 Å². The molecule has 0 aromatic rings. The van der Waals surface area contributed by atoms with Crippen molar-refractivity contribution in [1.29, 1.82) is 0 Å². The average Bonchev–Trinajstić information content (AvgIpc) is 3.40. The van der Waals surface area contributed by atoms with Crippen LogP contribution in [0.2, 0.25) is 0 Å². The first-order valence-electron chi connectivity index (χ1n) is 33.2. The van der Waals surface area contributed by atoms with Crippen molar-refractivity contribution in [3.05, 3.63) is 36.5 Å². The molecule has 3 N–H and O–H groups in total. The van der Waals surface area contributed by atoms with Crippen LogP contribution in [0.4, 0.5) is 0 Å². The number of esters is 1. The number of ether oxygens (including phenoxy) is 1. The Kier molecular flexibility index (Phi) is 62.0. The zero-order valence-corrected chi connectivity index (χ0v) is 49.8. The number of allylic oxidation sites excluding steroid dienone is 6. The quantitative estimate of drug-likeness (QED) is 0.0320. The summed E-state index contributed by atoms with van der Waals surface area (Å²) in [6.07, 6.45) is 80.2. The van der Waals surface area contributed by atoms with E-state index in [-0.39, 0.29) is 18.5 Å². The molecule has 0 radical (unpaired) electrons. The molecule has 0 aromatic carbocycles. The van der Waals surface area contributed by atoms with Gasteiger partial charge in [0.15, 0.2) is 0 Å². The lowest BCUT2D eigenvalue weighted by Crippen LogP contribution is -2.45. The highest BCUT2D eigenvalue weighted by Crippen LogP contribution is 2.18. The third-order valence-electron chi connectivity index (χ3n) is 15.4. The minimum atomic E-state index is -0.669. The van der Waals surface area contributed by atoms with Gasteiger partial charge in [-0.2, -0.15) is 0 Å². The topological polar surface area (TPSA) is 95.9 Å². The van der Waals surface area contributed by atoms with E-state index in [0.29, 0.717) is 25.9 Å². The Bertz CT molecular complexity index is 1200. The highest BCUT2D eigenvalue weighted by molar-refractivity contribution is 5.76. The van der Waals surface area contributed by atoms with E-state index in [2.05, 4.69) is 55.6 Å². The Hall–Kier alpha value is -1.92. The third-order valence-corrected chi connectivity index (χ3v) is 15.4. The van der Waals surface area contributed by atoms with Gasteiger partial charge in [0.1, 0.15) is 0 Å². The lowest BCUT2D eigenvalue weighted by atomic mass is 10.0. The highest BCUT2D eigenvalue weighted by Gasteiger charge is 2.20. The molecule has 436 valence electrons. The second-order valence-electron chi connectivity index (χ2n) is 22.8. The summed E-state index contributed by atoms with van der Waals surface area (Å²) in [7, 11) is 0. The summed E-state index contributed by atoms with van der Waals surface area (Å²) < 4.78 is 5.49. The molecule has 0 aliphatic heterocycles. The van der Waals surface area contributed by atoms with Crippen LogP contribution in [0.15, 0.2) is 36.5 Å². The van der Waals surface area contributed by atoms with Crippen LogP contribution in [0.5, 0.6) is 0 Å². The Labute approximate surface area is 462 Å². The molecule has 1 amide bonds. The Morgan fingerprint density at radius 3 is 1.07 bits per heavy atom. The van der Waals surface area contributed by atoms with Crippen molar-refractivity contribution < 1.29 is 24.5 Å². The fourth-order valence-corrected chi connectivity index (χ4v) is 10.3. The molecule has 6 nitrogen and oxygen atoms in total. The standard InChI is InChI=1S/C68H129NO5/c1-3-5-7-9-11-13-15-17-19-28-32-36-40-44-48-52-56-60-66(71)65(64-70)69-67(72)61-57-53-49-45-41-37-33-30-26-24-22-21-23-25-27-31-35-39-43-47-51-55-59-63-74-68(73)62-58-54-50-46-42-38-34-29-20-18-16-14-12-10-8-6-4-2/h12,14,18,20,24,26,65-66,70-71H,3-11,13,15-17,19,21-23,25,27-64H2,1-2H3,(H,69,72)/b14-12-,20-18-,26-24-. The molecule has 0 heterocycles. The van der Waals surface area contributed by atoms with Gasteiger partial charge in [0.2, 0.25) is 5.91 Å². The van der Waals surface area contributed by atoms with Gasteiger partial charge in [-0.05, 0) is 83.5 Å². The average molecular weight is 1040 g/mol. The van der Waals surface area contributed by atoms with Crippen molar-refractivity contribution in [2.45, 2.75) is 373 Å². The number of aliphatic hydroxyl groups excluding tert-OH is 2. The summed E-state index contributed by atoms with van der Waals surface area (Å²) in [6, 6.07) is -0.547. The van der Waals surface area contributed by atoms with Gasteiger partial charge in [0.25, 0.3) is 0 Å². The molecule has 0 fully saturated rings. The van der Waals surface area contributed by atoms with Crippen molar-refractivity contribution in [3.8, 4) is 0 Å². The lowest BCUT2D eigenvalue weighted by molar-refractivity contribution is -0.143. The predicted octanol–water partition coefficient (Wildman–Crippen LogP) is 21.1. The van der Waals surface area contributed by atoms with Gasteiger partial charge < -0.3 is 20.3 Å². The maximum atomic E-state index is 12.5. The van der Waals surface area contributed by atoms with Crippen molar-refractivity contribution in [2.24, 2.45) is 0 Å². The van der Waals surface area contributed by atoms with Crippen LogP contribution < -0.4 is 5.32 Å². The van der Waals surface area contributed by atoms with Crippen LogP contribution in [0.25, 0.3) is 0 Å². The zero-order chi connectivity index (χ0) is 53.6. The summed E-state index contributed by atoms with van der Waals surface area (Å²) in [5.74, 6) is -0.0348. The van der Waals surface area contributed by atoms with E-state index < -0.39 is 12.1 Å². The van der Waals surface area contributed by atoms with Gasteiger partial charge >= 0.3 is 5.97 Å². The van der Waals surface area contributed by atoms with E-state index in [9.17, 15) is 19.8 Å². The van der Waals surface area contributed by atoms with Crippen molar-refractivity contribution in [3.63, 3.8) is 0 Å². The van der Waals surface area contributed by atoms with E-state index >= 15 is 0 Å². The Morgan fingerprint density at radius 1 is 0.378 bits per heavy atom.